The van der Waals surface area contributed by atoms with Gasteiger partial charge in [-0.2, -0.15) is 0 Å². The van der Waals surface area contributed by atoms with E-state index < -0.39 is 29.3 Å². The molecule has 1 rings (SSSR count). The van der Waals surface area contributed by atoms with Crippen molar-refractivity contribution in [2.24, 2.45) is 0 Å². The van der Waals surface area contributed by atoms with Gasteiger partial charge in [0.05, 0.1) is 0 Å². The van der Waals surface area contributed by atoms with Crippen molar-refractivity contribution in [2.45, 2.75) is 85.0 Å². The van der Waals surface area contributed by atoms with Gasteiger partial charge in [-0.1, -0.05) is 13.3 Å². The predicted molar refractivity (Wildman–Crippen MR) is 90.3 cm³/mol. The van der Waals surface area contributed by atoms with Crippen LogP contribution in [-0.4, -0.2) is 40.0 Å². The molecule has 6 nitrogen and oxygen atoms in total. The monoisotopic (exact) mass is 339 g/mol. The molecule has 24 heavy (non-hydrogen) atoms. The van der Waals surface area contributed by atoms with Gasteiger partial charge in [-0.05, 0) is 48.0 Å². The lowest BCUT2D eigenvalue weighted by Gasteiger charge is -2.36. The molecule has 1 atom stereocenters. The van der Waals surface area contributed by atoms with E-state index in [0.717, 1.165) is 6.42 Å². The van der Waals surface area contributed by atoms with Crippen molar-refractivity contribution in [3.63, 3.8) is 0 Å². The Morgan fingerprint density at radius 1 is 1.12 bits per heavy atom. The molecular weight excluding hydrogens is 310 g/mol. The van der Waals surface area contributed by atoms with Gasteiger partial charge in [-0.25, -0.2) is 9.59 Å². The van der Waals surface area contributed by atoms with Crippen LogP contribution in [0.5, 0.6) is 0 Å². The number of ether oxygens (including phenoxy) is 2. The molecule has 0 aliphatic carbocycles. The van der Waals surface area contributed by atoms with Crippen molar-refractivity contribution in [1.29, 1.82) is 0 Å². The average molecular weight is 339 g/mol. The normalized spacial score (nSPS) is 19.0. The van der Waals surface area contributed by atoms with Crippen molar-refractivity contribution >= 4 is 17.8 Å². The second kappa shape index (κ2) is 7.36. The van der Waals surface area contributed by atoms with E-state index in [2.05, 4.69) is 0 Å². The first-order valence-corrected chi connectivity index (χ1v) is 8.32. The lowest BCUT2D eigenvalue weighted by molar-refractivity contribution is -0.162. The fourth-order valence-electron chi connectivity index (χ4n) is 2.36. The highest BCUT2D eigenvalue weighted by atomic mass is 16.6. The van der Waals surface area contributed by atoms with Gasteiger partial charge in [0.25, 0.3) is 0 Å². The Morgan fingerprint density at radius 2 is 1.67 bits per heavy atom. The fourth-order valence-corrected chi connectivity index (χ4v) is 2.36. The minimum Gasteiger partial charge on any atom is -0.458 e. The van der Waals surface area contributed by atoms with E-state index in [1.54, 1.807) is 41.5 Å². The van der Waals surface area contributed by atoms with E-state index in [0.29, 0.717) is 12.1 Å². The molecule has 0 saturated carbocycles. The van der Waals surface area contributed by atoms with Crippen LogP contribution in [0.3, 0.4) is 0 Å². The fraction of sp³-hybridized carbons (Fsp3) is 0.722. The van der Waals surface area contributed by atoms with Crippen LogP contribution in [0.15, 0.2) is 11.8 Å². The molecule has 0 spiro atoms. The van der Waals surface area contributed by atoms with E-state index in [9.17, 15) is 14.4 Å². The van der Waals surface area contributed by atoms with Crippen molar-refractivity contribution in [1.82, 2.24) is 4.90 Å². The van der Waals surface area contributed by atoms with Crippen LogP contribution in [0.4, 0.5) is 4.79 Å². The molecule has 0 aromatic heterocycles. The van der Waals surface area contributed by atoms with E-state index in [1.165, 1.54) is 11.0 Å². The van der Waals surface area contributed by atoms with Gasteiger partial charge in [0.15, 0.2) is 5.78 Å². The van der Waals surface area contributed by atoms with Crippen LogP contribution >= 0.6 is 0 Å². The number of hydrogen-bond acceptors (Lipinski definition) is 5. The quantitative estimate of drug-likeness (QED) is 0.735. The lowest BCUT2D eigenvalue weighted by Crippen LogP contribution is -2.51. The summed E-state index contributed by atoms with van der Waals surface area (Å²) in [6.07, 6.45) is 1.94. The van der Waals surface area contributed by atoms with E-state index in [1.807, 2.05) is 6.92 Å². The lowest BCUT2D eigenvalue weighted by atomic mass is 10.00. The maximum absolute atomic E-state index is 12.6. The SMILES string of the molecule is CCCC1=CC(=O)C[C@@H](C(=O)OC(C)(C)C)N1C(=O)OC(C)(C)C. The molecule has 136 valence electrons. The molecule has 0 fully saturated rings. The standard InChI is InChI=1S/C18H29NO5/c1-8-9-12-10-13(20)11-14(15(21)23-17(2,3)4)19(12)16(22)24-18(5,6)7/h10,14H,8-9,11H2,1-7H3/t14-/m0/s1. The summed E-state index contributed by atoms with van der Waals surface area (Å²) < 4.78 is 10.8. The summed E-state index contributed by atoms with van der Waals surface area (Å²) in [7, 11) is 0. The van der Waals surface area contributed by atoms with E-state index in [4.69, 9.17) is 9.47 Å². The highest BCUT2D eigenvalue weighted by molar-refractivity contribution is 5.98. The topological polar surface area (TPSA) is 72.9 Å². The molecular formula is C18H29NO5. The third kappa shape index (κ3) is 5.98. The number of amides is 1. The van der Waals surface area contributed by atoms with Gasteiger partial charge in [0.1, 0.15) is 17.2 Å². The molecule has 1 aliphatic rings. The largest absolute Gasteiger partial charge is 0.458 e. The van der Waals surface area contributed by atoms with Crippen LogP contribution < -0.4 is 0 Å². The minimum atomic E-state index is -0.988. The summed E-state index contributed by atoms with van der Waals surface area (Å²) in [5, 5.41) is 0. The number of esters is 1. The van der Waals surface area contributed by atoms with Crippen LogP contribution in [0.2, 0.25) is 0 Å². The zero-order valence-electron chi connectivity index (χ0n) is 15.8. The maximum atomic E-state index is 12.6. The molecule has 0 radical (unpaired) electrons. The Balaban J connectivity index is 3.18. The second-order valence-electron chi connectivity index (χ2n) is 7.96. The number of allylic oxidation sites excluding steroid dienone is 2. The summed E-state index contributed by atoms with van der Waals surface area (Å²) in [6.45, 7) is 12.4. The number of ketones is 1. The molecule has 0 saturated heterocycles. The maximum Gasteiger partial charge on any atom is 0.415 e. The van der Waals surface area contributed by atoms with Crippen LogP contribution in [-0.2, 0) is 19.1 Å². The Hall–Kier alpha value is -1.85. The number of hydrogen-bond donors (Lipinski definition) is 0. The third-order valence-electron chi connectivity index (χ3n) is 3.12. The van der Waals surface area contributed by atoms with Crippen LogP contribution in [0, 0.1) is 0 Å². The first-order chi connectivity index (χ1) is 10.8. The highest BCUT2D eigenvalue weighted by Crippen LogP contribution is 2.27. The van der Waals surface area contributed by atoms with Gasteiger partial charge in [0, 0.05) is 18.2 Å². The van der Waals surface area contributed by atoms with Crippen molar-refractivity contribution in [3.8, 4) is 0 Å². The summed E-state index contributed by atoms with van der Waals surface area (Å²) in [4.78, 5) is 38.5. The Morgan fingerprint density at radius 3 is 2.12 bits per heavy atom. The summed E-state index contributed by atoms with van der Waals surface area (Å²) in [6, 6.07) is -0.988. The molecule has 0 aromatic rings. The Bertz CT molecular complexity index is 537. The molecule has 1 aliphatic heterocycles. The van der Waals surface area contributed by atoms with E-state index >= 15 is 0 Å². The second-order valence-corrected chi connectivity index (χ2v) is 7.96. The van der Waals surface area contributed by atoms with Gasteiger partial charge in [-0.15, -0.1) is 0 Å². The predicted octanol–water partition coefficient (Wildman–Crippen LogP) is 3.59. The average Bonchev–Trinajstić information content (AvgIpc) is 2.33. The Labute approximate surface area is 144 Å². The van der Waals surface area contributed by atoms with Crippen LogP contribution in [0.1, 0.15) is 67.7 Å². The first kappa shape index (κ1) is 20.2. The molecule has 0 N–H and O–H groups in total. The first-order valence-electron chi connectivity index (χ1n) is 8.32. The number of rotatable bonds is 3. The number of carbonyl (C=O) groups is 3. The molecule has 6 heteroatoms. The van der Waals surface area contributed by atoms with Gasteiger partial charge in [-0.3, -0.25) is 9.69 Å². The molecule has 0 bridgehead atoms. The smallest absolute Gasteiger partial charge is 0.415 e. The van der Waals surface area contributed by atoms with E-state index in [-0.39, 0.29) is 12.2 Å². The summed E-state index contributed by atoms with van der Waals surface area (Å²) >= 11 is 0. The van der Waals surface area contributed by atoms with Crippen molar-refractivity contribution < 1.29 is 23.9 Å². The molecule has 0 unspecified atom stereocenters. The molecule has 1 heterocycles. The van der Waals surface area contributed by atoms with Crippen LogP contribution in [0.25, 0.3) is 0 Å². The van der Waals surface area contributed by atoms with Gasteiger partial charge >= 0.3 is 12.1 Å². The zero-order chi connectivity index (χ0) is 18.7. The number of nitrogens with zero attached hydrogens (tertiary/aromatic N) is 1. The van der Waals surface area contributed by atoms with Crippen molar-refractivity contribution in [2.75, 3.05) is 0 Å². The van der Waals surface area contributed by atoms with Gasteiger partial charge < -0.3 is 9.47 Å². The highest BCUT2D eigenvalue weighted by Gasteiger charge is 2.41. The number of carbonyl (C=O) groups excluding carboxylic acids is 3. The molecule has 0 aromatic carbocycles. The molecule has 1 amide bonds. The third-order valence-corrected chi connectivity index (χ3v) is 3.12. The Kier molecular flexibility index (Phi) is 6.20. The summed E-state index contributed by atoms with van der Waals surface area (Å²) in [5.41, 5.74) is -0.904. The summed E-state index contributed by atoms with van der Waals surface area (Å²) in [5.74, 6) is -0.780. The van der Waals surface area contributed by atoms with Crippen molar-refractivity contribution in [3.05, 3.63) is 11.8 Å². The minimum absolute atomic E-state index is 0.0959. The van der Waals surface area contributed by atoms with Gasteiger partial charge in [0.2, 0.25) is 0 Å². The zero-order valence-corrected chi connectivity index (χ0v) is 15.8.